The average molecular weight is 206 g/mol. The number of nitrogens with zero attached hydrogens (tertiary/aromatic N) is 2. The molecule has 2 rings (SSSR count). The lowest BCUT2D eigenvalue weighted by molar-refractivity contribution is 0.174. The van der Waals surface area contributed by atoms with Crippen LogP contribution in [0, 0.1) is 5.41 Å². The van der Waals surface area contributed by atoms with Crippen molar-refractivity contribution in [2.75, 3.05) is 6.79 Å². The molecule has 0 atom stereocenters. The summed E-state index contributed by atoms with van der Waals surface area (Å²) in [4.78, 5) is 0. The van der Waals surface area contributed by atoms with Crippen molar-refractivity contribution in [3.8, 4) is 11.5 Å². The maximum absolute atomic E-state index is 6.86. The predicted molar refractivity (Wildman–Crippen MR) is 53.0 cm³/mol. The van der Waals surface area contributed by atoms with Crippen molar-refractivity contribution in [3.05, 3.63) is 23.8 Å². The lowest BCUT2D eigenvalue weighted by Gasteiger charge is -1.98. The van der Waals surface area contributed by atoms with Gasteiger partial charge in [-0.1, -0.05) is 6.07 Å². The number of ether oxygens (including phenoxy) is 2. The Hall–Kier alpha value is -2.11. The third kappa shape index (κ3) is 2.22. The largest absolute Gasteiger partial charge is 0.454 e. The molecule has 0 spiro atoms. The fourth-order valence-electron chi connectivity index (χ4n) is 1.23. The molecule has 0 aromatic heterocycles. The molecule has 0 saturated carbocycles. The quantitative estimate of drug-likeness (QED) is 0.433. The smallest absolute Gasteiger partial charge is 0.232 e. The highest BCUT2D eigenvalue weighted by Crippen LogP contribution is 2.32. The molecular weight excluding hydrogens is 196 g/mol. The molecule has 3 N–H and O–H groups in total. The number of benzene rings is 1. The van der Waals surface area contributed by atoms with Crippen molar-refractivity contribution in [2.24, 2.45) is 16.0 Å². The number of rotatable bonds is 2. The van der Waals surface area contributed by atoms with Gasteiger partial charge in [-0.2, -0.15) is 5.11 Å². The van der Waals surface area contributed by atoms with Gasteiger partial charge in [0.25, 0.3) is 0 Å². The molecule has 6 nitrogen and oxygen atoms in total. The van der Waals surface area contributed by atoms with Crippen molar-refractivity contribution >= 4 is 5.96 Å². The first-order chi connectivity index (χ1) is 7.25. The predicted octanol–water partition coefficient (Wildman–Crippen LogP) is 1.26. The Bertz CT molecular complexity index is 417. The number of fused-ring (bicyclic) bond motifs is 1. The molecule has 78 valence electrons. The van der Waals surface area contributed by atoms with Crippen LogP contribution in [-0.2, 0) is 6.54 Å². The van der Waals surface area contributed by atoms with Crippen LogP contribution in [0.1, 0.15) is 5.56 Å². The Morgan fingerprint density at radius 2 is 2.20 bits per heavy atom. The highest BCUT2D eigenvalue weighted by atomic mass is 16.7. The van der Waals surface area contributed by atoms with Gasteiger partial charge in [-0.25, -0.2) is 0 Å². The summed E-state index contributed by atoms with van der Waals surface area (Å²) in [5.41, 5.74) is 5.96. The standard InChI is InChI=1S/C9H10N4O2/c10-9(11)13-12-4-6-1-2-7-8(3-6)15-5-14-7/h1-3H,4-5H2,(H3,10,11). The average Bonchev–Trinajstić information content (AvgIpc) is 2.64. The van der Waals surface area contributed by atoms with E-state index in [1.54, 1.807) is 0 Å². The Morgan fingerprint density at radius 1 is 1.40 bits per heavy atom. The molecule has 0 radical (unpaired) electrons. The Morgan fingerprint density at radius 3 is 3.00 bits per heavy atom. The Kier molecular flexibility index (Phi) is 2.49. The molecule has 0 bridgehead atoms. The monoisotopic (exact) mass is 206 g/mol. The summed E-state index contributed by atoms with van der Waals surface area (Å²) in [7, 11) is 0. The van der Waals surface area contributed by atoms with Crippen LogP contribution >= 0.6 is 0 Å². The van der Waals surface area contributed by atoms with Gasteiger partial charge in [0.15, 0.2) is 11.5 Å². The van der Waals surface area contributed by atoms with Gasteiger partial charge in [0.05, 0.1) is 6.54 Å². The van der Waals surface area contributed by atoms with Crippen molar-refractivity contribution in [3.63, 3.8) is 0 Å². The SMILES string of the molecule is N=C(N)N=NCc1ccc2c(c1)OCO2. The second-order valence-corrected chi connectivity index (χ2v) is 2.97. The van der Waals surface area contributed by atoms with E-state index in [0.717, 1.165) is 11.3 Å². The van der Waals surface area contributed by atoms with E-state index in [9.17, 15) is 0 Å². The van der Waals surface area contributed by atoms with Gasteiger partial charge in [-0.05, 0) is 17.7 Å². The molecular formula is C9H10N4O2. The summed E-state index contributed by atoms with van der Waals surface area (Å²) in [5, 5.41) is 14.0. The van der Waals surface area contributed by atoms with E-state index >= 15 is 0 Å². The summed E-state index contributed by atoms with van der Waals surface area (Å²) in [6.45, 7) is 0.629. The number of azo groups is 1. The van der Waals surface area contributed by atoms with E-state index in [-0.39, 0.29) is 12.8 Å². The molecule has 0 amide bonds. The fourth-order valence-corrected chi connectivity index (χ4v) is 1.23. The Labute approximate surface area is 86.2 Å². The van der Waals surface area contributed by atoms with E-state index in [1.807, 2.05) is 18.2 Å². The summed E-state index contributed by atoms with van der Waals surface area (Å²) in [6.07, 6.45) is 0. The summed E-state index contributed by atoms with van der Waals surface area (Å²) in [6, 6.07) is 5.52. The van der Waals surface area contributed by atoms with Crippen molar-refractivity contribution < 1.29 is 9.47 Å². The molecule has 0 aliphatic carbocycles. The maximum Gasteiger partial charge on any atom is 0.232 e. The third-order valence-corrected chi connectivity index (χ3v) is 1.87. The second-order valence-electron chi connectivity index (χ2n) is 2.97. The molecule has 15 heavy (non-hydrogen) atoms. The number of hydrogen-bond acceptors (Lipinski definition) is 4. The zero-order chi connectivity index (χ0) is 10.7. The van der Waals surface area contributed by atoms with E-state index in [1.165, 1.54) is 0 Å². The van der Waals surface area contributed by atoms with Crippen LogP contribution < -0.4 is 15.2 Å². The first-order valence-electron chi connectivity index (χ1n) is 4.36. The molecule has 1 aliphatic heterocycles. The van der Waals surface area contributed by atoms with Crippen LogP contribution in [0.25, 0.3) is 0 Å². The van der Waals surface area contributed by atoms with E-state index < -0.39 is 0 Å². The van der Waals surface area contributed by atoms with Crippen molar-refractivity contribution in [2.45, 2.75) is 6.54 Å². The Balaban J connectivity index is 2.07. The summed E-state index contributed by atoms with van der Waals surface area (Å²) >= 11 is 0. The maximum atomic E-state index is 6.86. The zero-order valence-electron chi connectivity index (χ0n) is 7.93. The molecule has 1 aromatic carbocycles. The van der Waals surface area contributed by atoms with Gasteiger partial charge in [0.2, 0.25) is 12.8 Å². The lowest BCUT2D eigenvalue weighted by Crippen LogP contribution is -2.03. The molecule has 0 saturated heterocycles. The minimum atomic E-state index is -0.296. The van der Waals surface area contributed by atoms with Crippen LogP contribution in [0.4, 0.5) is 0 Å². The van der Waals surface area contributed by atoms with Gasteiger partial charge < -0.3 is 15.2 Å². The van der Waals surface area contributed by atoms with Crippen LogP contribution in [0.2, 0.25) is 0 Å². The van der Waals surface area contributed by atoms with E-state index in [4.69, 9.17) is 20.6 Å². The number of guanidine groups is 1. The van der Waals surface area contributed by atoms with Gasteiger partial charge >= 0.3 is 0 Å². The van der Waals surface area contributed by atoms with Gasteiger partial charge in [-0.15, -0.1) is 5.11 Å². The molecule has 0 fully saturated rings. The topological polar surface area (TPSA) is 93.1 Å². The number of hydrogen-bond donors (Lipinski definition) is 2. The summed E-state index contributed by atoms with van der Waals surface area (Å²) in [5.74, 6) is 1.16. The van der Waals surface area contributed by atoms with E-state index in [0.29, 0.717) is 12.3 Å². The van der Waals surface area contributed by atoms with E-state index in [2.05, 4.69) is 10.2 Å². The van der Waals surface area contributed by atoms with Gasteiger partial charge in [0.1, 0.15) is 0 Å². The summed E-state index contributed by atoms with van der Waals surface area (Å²) < 4.78 is 10.4. The van der Waals surface area contributed by atoms with Crippen molar-refractivity contribution in [1.29, 1.82) is 5.41 Å². The highest BCUT2D eigenvalue weighted by molar-refractivity contribution is 5.74. The van der Waals surface area contributed by atoms with Crippen LogP contribution in [0.5, 0.6) is 11.5 Å². The van der Waals surface area contributed by atoms with Crippen LogP contribution in [0.3, 0.4) is 0 Å². The lowest BCUT2D eigenvalue weighted by atomic mass is 10.2. The first kappa shape index (κ1) is 9.45. The highest BCUT2D eigenvalue weighted by Gasteiger charge is 2.12. The minimum absolute atomic E-state index is 0.258. The van der Waals surface area contributed by atoms with Gasteiger partial charge in [0, 0.05) is 0 Å². The van der Waals surface area contributed by atoms with Gasteiger partial charge in [-0.3, -0.25) is 5.41 Å². The second kappa shape index (κ2) is 3.95. The number of nitrogens with one attached hydrogen (secondary N) is 1. The van der Waals surface area contributed by atoms with Crippen LogP contribution in [0.15, 0.2) is 28.4 Å². The number of nitrogens with two attached hydrogens (primary N) is 1. The molecule has 1 aliphatic rings. The zero-order valence-corrected chi connectivity index (χ0v) is 7.93. The van der Waals surface area contributed by atoms with Crippen molar-refractivity contribution in [1.82, 2.24) is 0 Å². The molecule has 1 heterocycles. The normalized spacial score (nSPS) is 13.3. The minimum Gasteiger partial charge on any atom is -0.454 e. The molecule has 0 unspecified atom stereocenters. The fraction of sp³-hybridized carbons (Fsp3) is 0.222. The first-order valence-corrected chi connectivity index (χ1v) is 4.36. The molecule has 6 heteroatoms. The third-order valence-electron chi connectivity index (χ3n) is 1.87. The molecule has 1 aromatic rings. The van der Waals surface area contributed by atoms with Crippen LogP contribution in [-0.4, -0.2) is 12.8 Å².